The number of hydrogen-bond acceptors (Lipinski definition) is 5. The Bertz CT molecular complexity index is 319. The zero-order valence-electron chi connectivity index (χ0n) is 11.0. The number of nitrogens with two attached hydrogens (primary N) is 1. The number of carbonyl (C=O) groups is 1. The Hall–Kier alpha value is -1.50. The van der Waals surface area contributed by atoms with Crippen molar-refractivity contribution >= 4 is 11.9 Å². The zero-order chi connectivity index (χ0) is 13.7. The Morgan fingerprint density at radius 1 is 1.50 bits per heavy atom. The Morgan fingerprint density at radius 3 is 2.72 bits per heavy atom. The van der Waals surface area contributed by atoms with E-state index in [1.165, 1.54) is 0 Å². The summed E-state index contributed by atoms with van der Waals surface area (Å²) < 4.78 is 10.7. The van der Waals surface area contributed by atoms with Crippen molar-refractivity contribution in [3.05, 3.63) is 0 Å². The second kappa shape index (κ2) is 6.44. The van der Waals surface area contributed by atoms with Crippen LogP contribution < -0.4 is 5.73 Å². The second-order valence-electron chi connectivity index (χ2n) is 4.59. The van der Waals surface area contributed by atoms with Crippen LogP contribution in [0.4, 0.5) is 4.79 Å². The predicted molar refractivity (Wildman–Crippen MR) is 65.6 cm³/mol. The van der Waals surface area contributed by atoms with Crippen molar-refractivity contribution in [1.82, 2.24) is 4.90 Å². The highest BCUT2D eigenvalue weighted by Crippen LogP contribution is 2.16. The van der Waals surface area contributed by atoms with Crippen molar-refractivity contribution in [1.29, 1.82) is 0 Å². The average Bonchev–Trinajstić information content (AvgIpc) is 2.75. The van der Waals surface area contributed by atoms with Gasteiger partial charge in [-0.05, 0) is 27.2 Å². The summed E-state index contributed by atoms with van der Waals surface area (Å²) in [5.41, 5.74) is 5.42. The summed E-state index contributed by atoms with van der Waals surface area (Å²) in [6, 6.07) is 0. The van der Waals surface area contributed by atoms with Gasteiger partial charge in [0.2, 0.25) is 0 Å². The Labute approximate surface area is 107 Å². The Kier molecular flexibility index (Phi) is 5.21. The molecule has 0 bridgehead atoms. The molecule has 7 nitrogen and oxygen atoms in total. The molecule has 7 heteroatoms. The summed E-state index contributed by atoms with van der Waals surface area (Å²) in [6.45, 7) is 6.38. The molecule has 1 amide bonds. The van der Waals surface area contributed by atoms with Crippen LogP contribution in [0, 0.1) is 0 Å². The second-order valence-corrected chi connectivity index (χ2v) is 4.59. The van der Waals surface area contributed by atoms with E-state index >= 15 is 0 Å². The maximum atomic E-state index is 11.6. The number of amidine groups is 1. The lowest BCUT2D eigenvalue weighted by atomic mass is 10.3. The zero-order valence-corrected chi connectivity index (χ0v) is 11.0. The van der Waals surface area contributed by atoms with E-state index in [2.05, 4.69) is 5.16 Å². The van der Waals surface area contributed by atoms with Gasteiger partial charge in [0, 0.05) is 6.54 Å². The molecule has 104 valence electrons. The molecular weight excluding hydrogens is 238 g/mol. The largest absolute Gasteiger partial charge is 0.447 e. The first-order chi connectivity index (χ1) is 8.43. The van der Waals surface area contributed by atoms with Gasteiger partial charge in [-0.15, -0.1) is 0 Å². The molecule has 2 atom stereocenters. The number of hydrogen-bond donors (Lipinski definition) is 2. The lowest BCUT2D eigenvalue weighted by Gasteiger charge is -2.19. The molecule has 3 N–H and O–H groups in total. The molecule has 18 heavy (non-hydrogen) atoms. The highest BCUT2D eigenvalue weighted by atomic mass is 16.6. The molecule has 0 aromatic carbocycles. The molecule has 1 rings (SSSR count). The van der Waals surface area contributed by atoms with Crippen molar-refractivity contribution in [2.75, 3.05) is 13.1 Å². The van der Waals surface area contributed by atoms with Gasteiger partial charge in [0.1, 0.15) is 6.10 Å². The van der Waals surface area contributed by atoms with Crippen molar-refractivity contribution in [2.24, 2.45) is 10.9 Å². The minimum Gasteiger partial charge on any atom is -0.447 e. The summed E-state index contributed by atoms with van der Waals surface area (Å²) in [5.74, 6) is 0.0261. The lowest BCUT2D eigenvalue weighted by molar-refractivity contribution is 0.0320. The summed E-state index contributed by atoms with van der Waals surface area (Å²) in [5, 5.41) is 11.4. The van der Waals surface area contributed by atoms with Crippen molar-refractivity contribution < 1.29 is 19.5 Å². The first-order valence-electron chi connectivity index (χ1n) is 6.02. The van der Waals surface area contributed by atoms with E-state index in [4.69, 9.17) is 20.4 Å². The van der Waals surface area contributed by atoms with Crippen LogP contribution >= 0.6 is 0 Å². The van der Waals surface area contributed by atoms with Gasteiger partial charge in [-0.25, -0.2) is 4.79 Å². The molecule has 1 heterocycles. The third-order valence-corrected chi connectivity index (χ3v) is 2.67. The molecule has 2 unspecified atom stereocenters. The number of ether oxygens (including phenoxy) is 2. The minimum absolute atomic E-state index is 0.0261. The fourth-order valence-electron chi connectivity index (χ4n) is 1.72. The van der Waals surface area contributed by atoms with Crippen molar-refractivity contribution in [2.45, 2.75) is 45.5 Å². The monoisotopic (exact) mass is 259 g/mol. The van der Waals surface area contributed by atoms with Gasteiger partial charge in [-0.2, -0.15) is 0 Å². The SMILES string of the molecule is CC(C)OC(=O)N1CCC(OC(C)C(N)=NO)C1. The maximum absolute atomic E-state index is 11.6. The molecule has 1 aliphatic heterocycles. The van der Waals surface area contributed by atoms with Crippen LogP contribution in [0.15, 0.2) is 5.16 Å². The quantitative estimate of drug-likeness (QED) is 0.336. The Morgan fingerprint density at radius 2 is 2.17 bits per heavy atom. The van der Waals surface area contributed by atoms with Crippen LogP contribution in [-0.4, -0.2) is 53.4 Å². The molecule has 0 radical (unpaired) electrons. The van der Waals surface area contributed by atoms with E-state index in [9.17, 15) is 4.79 Å². The van der Waals surface area contributed by atoms with E-state index < -0.39 is 6.10 Å². The molecule has 0 aromatic heterocycles. The number of amides is 1. The van der Waals surface area contributed by atoms with Crippen LogP contribution in [0.2, 0.25) is 0 Å². The average molecular weight is 259 g/mol. The third-order valence-electron chi connectivity index (χ3n) is 2.67. The molecule has 1 fully saturated rings. The van der Waals surface area contributed by atoms with Crippen LogP contribution in [0.3, 0.4) is 0 Å². The van der Waals surface area contributed by atoms with E-state index in [1.54, 1.807) is 11.8 Å². The molecule has 0 spiro atoms. The first-order valence-corrected chi connectivity index (χ1v) is 6.02. The first kappa shape index (κ1) is 14.6. The van der Waals surface area contributed by atoms with E-state index in [0.717, 1.165) is 6.42 Å². The van der Waals surface area contributed by atoms with Crippen molar-refractivity contribution in [3.8, 4) is 0 Å². The number of rotatable bonds is 4. The van der Waals surface area contributed by atoms with Gasteiger partial charge in [0.15, 0.2) is 5.84 Å². The number of oxime groups is 1. The van der Waals surface area contributed by atoms with E-state index in [1.807, 2.05) is 13.8 Å². The standard InChI is InChI=1S/C11H21N3O4/c1-7(2)17-11(15)14-5-4-9(6-14)18-8(3)10(12)13-16/h7-9,16H,4-6H2,1-3H3,(H2,12,13). The summed E-state index contributed by atoms with van der Waals surface area (Å²) in [4.78, 5) is 13.2. The highest BCUT2D eigenvalue weighted by Gasteiger charge is 2.29. The number of nitrogens with zero attached hydrogens (tertiary/aromatic N) is 2. The van der Waals surface area contributed by atoms with Gasteiger partial charge in [-0.3, -0.25) is 0 Å². The highest BCUT2D eigenvalue weighted by molar-refractivity contribution is 5.83. The molecular formula is C11H21N3O4. The van der Waals surface area contributed by atoms with E-state index in [-0.39, 0.29) is 24.1 Å². The normalized spacial score (nSPS) is 22.3. The topological polar surface area (TPSA) is 97.4 Å². The molecule has 1 aliphatic rings. The van der Waals surface area contributed by atoms with Gasteiger partial charge in [0.25, 0.3) is 0 Å². The van der Waals surface area contributed by atoms with Crippen LogP contribution in [-0.2, 0) is 9.47 Å². The maximum Gasteiger partial charge on any atom is 0.410 e. The van der Waals surface area contributed by atoms with Gasteiger partial charge in [0.05, 0.1) is 18.8 Å². The molecule has 0 saturated carbocycles. The van der Waals surface area contributed by atoms with Crippen LogP contribution in [0.1, 0.15) is 27.2 Å². The third kappa shape index (κ3) is 4.06. The van der Waals surface area contributed by atoms with Gasteiger partial charge in [-0.1, -0.05) is 5.16 Å². The summed E-state index contributed by atoms with van der Waals surface area (Å²) in [6.07, 6.45) is -0.321. The van der Waals surface area contributed by atoms with E-state index in [0.29, 0.717) is 13.1 Å². The minimum atomic E-state index is -0.471. The van der Waals surface area contributed by atoms with Crippen molar-refractivity contribution in [3.63, 3.8) is 0 Å². The predicted octanol–water partition coefficient (Wildman–Crippen LogP) is 0.757. The number of likely N-dealkylation sites (tertiary alicyclic amines) is 1. The summed E-state index contributed by atoms with van der Waals surface area (Å²) in [7, 11) is 0. The van der Waals surface area contributed by atoms with Gasteiger partial charge >= 0.3 is 6.09 Å². The number of carbonyl (C=O) groups excluding carboxylic acids is 1. The lowest BCUT2D eigenvalue weighted by Crippen LogP contribution is -2.35. The van der Waals surface area contributed by atoms with Crippen LogP contribution in [0.25, 0.3) is 0 Å². The molecule has 0 aromatic rings. The van der Waals surface area contributed by atoms with Crippen LogP contribution in [0.5, 0.6) is 0 Å². The molecule has 0 aliphatic carbocycles. The summed E-state index contributed by atoms with van der Waals surface area (Å²) >= 11 is 0. The fourth-order valence-corrected chi connectivity index (χ4v) is 1.72. The Balaban J connectivity index is 2.39. The smallest absolute Gasteiger partial charge is 0.410 e. The fraction of sp³-hybridized carbons (Fsp3) is 0.818. The molecule has 1 saturated heterocycles. The van der Waals surface area contributed by atoms with Gasteiger partial charge < -0.3 is 25.3 Å².